The molecule has 0 saturated carbocycles. The van der Waals surface area contributed by atoms with Crippen molar-refractivity contribution in [1.29, 1.82) is 0 Å². The lowest BCUT2D eigenvalue weighted by Gasteiger charge is -2.44. The maximum absolute atomic E-state index is 10.3. The second-order valence-corrected chi connectivity index (χ2v) is 6.65. The Morgan fingerprint density at radius 2 is 1.78 bits per heavy atom. The molecule has 0 radical (unpaired) electrons. The molecule has 2 heterocycles. The molecule has 0 aromatic rings. The molecule has 0 fully saturated rings. The van der Waals surface area contributed by atoms with Crippen LogP contribution < -0.4 is 0 Å². The van der Waals surface area contributed by atoms with Crippen LogP contribution in [0.2, 0.25) is 0 Å². The summed E-state index contributed by atoms with van der Waals surface area (Å²) in [4.78, 5) is 2.17. The third-order valence-corrected chi connectivity index (χ3v) is 5.45. The summed E-state index contributed by atoms with van der Waals surface area (Å²) in [5, 5.41) is 20.2. The van der Waals surface area contributed by atoms with Crippen LogP contribution in [0, 0.1) is 5.92 Å². The van der Waals surface area contributed by atoms with E-state index in [2.05, 4.69) is 17.1 Å². The molecule has 4 rings (SSSR count). The van der Waals surface area contributed by atoms with E-state index in [4.69, 9.17) is 14.2 Å². The maximum Gasteiger partial charge on any atom is 0.199 e. The molecule has 2 N–H and O–H groups in total. The van der Waals surface area contributed by atoms with Gasteiger partial charge in [0, 0.05) is 35.9 Å². The van der Waals surface area contributed by atoms with Gasteiger partial charge < -0.3 is 29.3 Å². The maximum atomic E-state index is 10.3. The summed E-state index contributed by atoms with van der Waals surface area (Å²) >= 11 is 0. The predicted molar refractivity (Wildman–Crippen MR) is 103 cm³/mol. The van der Waals surface area contributed by atoms with Gasteiger partial charge in [0.2, 0.25) is 0 Å². The van der Waals surface area contributed by atoms with Gasteiger partial charge in [-0.15, -0.1) is 12.4 Å². The molecule has 2 aliphatic carbocycles. The standard InChI is InChI=1S/C20H23NO5.ClH/c1-24-16-10-11-8-9-21-13-6-7-15(22)18(23)12(13)4-5-14(21)17(11)20(26-3)19(16)25-2;/h5-8,12,18,22-23H,4,9-10H2,1-3H3;1H. The van der Waals surface area contributed by atoms with Gasteiger partial charge in [-0.1, -0.05) is 12.2 Å². The lowest BCUT2D eigenvalue weighted by atomic mass is 9.80. The Labute approximate surface area is 164 Å². The number of aliphatic hydroxyl groups excluding tert-OH is 2. The van der Waals surface area contributed by atoms with Gasteiger partial charge in [0.05, 0.1) is 21.3 Å². The van der Waals surface area contributed by atoms with E-state index in [1.807, 2.05) is 6.08 Å². The Morgan fingerprint density at radius 3 is 2.44 bits per heavy atom. The van der Waals surface area contributed by atoms with Crippen LogP contribution in [-0.4, -0.2) is 49.1 Å². The Hall–Kier alpha value is -2.31. The molecule has 0 bridgehead atoms. The summed E-state index contributed by atoms with van der Waals surface area (Å²) in [5.74, 6) is 1.91. The SMILES string of the molecule is COC1=C(OC)C(OC)=C2C(=CCN3C2=CCC2C3=CC=C(O)C2O)C1.Cl. The van der Waals surface area contributed by atoms with E-state index in [1.165, 1.54) is 0 Å². The number of ether oxygens (including phenoxy) is 3. The van der Waals surface area contributed by atoms with E-state index >= 15 is 0 Å². The van der Waals surface area contributed by atoms with Crippen molar-refractivity contribution in [1.82, 2.24) is 4.90 Å². The number of rotatable bonds is 3. The molecule has 2 unspecified atom stereocenters. The van der Waals surface area contributed by atoms with Gasteiger partial charge in [0.25, 0.3) is 0 Å². The molecule has 6 nitrogen and oxygen atoms in total. The average Bonchev–Trinajstić information content (AvgIpc) is 2.68. The minimum absolute atomic E-state index is 0. The molecule has 0 saturated heterocycles. The number of fused-ring (bicyclic) bond motifs is 5. The Morgan fingerprint density at radius 1 is 1.04 bits per heavy atom. The third-order valence-electron chi connectivity index (χ3n) is 5.45. The average molecular weight is 394 g/mol. The normalized spacial score (nSPS) is 26.4. The van der Waals surface area contributed by atoms with E-state index < -0.39 is 6.10 Å². The van der Waals surface area contributed by atoms with Crippen LogP contribution in [0.1, 0.15) is 12.8 Å². The van der Waals surface area contributed by atoms with E-state index in [0.717, 1.165) is 28.3 Å². The van der Waals surface area contributed by atoms with Crippen LogP contribution in [0.5, 0.6) is 0 Å². The van der Waals surface area contributed by atoms with Gasteiger partial charge in [0.1, 0.15) is 17.6 Å². The monoisotopic (exact) mass is 393 g/mol. The molecule has 146 valence electrons. The fourth-order valence-electron chi connectivity index (χ4n) is 4.18. The Bertz CT molecular complexity index is 833. The van der Waals surface area contributed by atoms with Crippen LogP contribution in [0.25, 0.3) is 0 Å². The highest BCUT2D eigenvalue weighted by Crippen LogP contribution is 2.47. The van der Waals surface area contributed by atoms with Crippen LogP contribution in [0.15, 0.2) is 69.9 Å². The zero-order valence-corrected chi connectivity index (χ0v) is 16.4. The lowest BCUT2D eigenvalue weighted by Crippen LogP contribution is -2.41. The highest BCUT2D eigenvalue weighted by atomic mass is 35.5. The largest absolute Gasteiger partial charge is 0.510 e. The smallest absolute Gasteiger partial charge is 0.199 e. The van der Waals surface area contributed by atoms with E-state index in [9.17, 15) is 10.2 Å². The number of nitrogens with zero attached hydrogens (tertiary/aromatic N) is 1. The first-order valence-electron chi connectivity index (χ1n) is 8.66. The topological polar surface area (TPSA) is 71.4 Å². The Kier molecular flexibility index (Phi) is 5.31. The van der Waals surface area contributed by atoms with Crippen molar-refractivity contribution in [3.63, 3.8) is 0 Å². The van der Waals surface area contributed by atoms with Crippen molar-refractivity contribution in [2.24, 2.45) is 5.92 Å². The van der Waals surface area contributed by atoms with E-state index in [1.54, 1.807) is 27.4 Å². The number of allylic oxidation sites excluding steroid dienone is 5. The summed E-state index contributed by atoms with van der Waals surface area (Å²) < 4.78 is 16.8. The number of hydrogen-bond acceptors (Lipinski definition) is 6. The minimum Gasteiger partial charge on any atom is -0.510 e. The minimum atomic E-state index is -0.866. The molecule has 2 aliphatic heterocycles. The molecule has 0 amide bonds. The lowest BCUT2D eigenvalue weighted by molar-refractivity contribution is 0.0935. The molecule has 0 aromatic heterocycles. The fourth-order valence-corrected chi connectivity index (χ4v) is 4.18. The quantitative estimate of drug-likeness (QED) is 0.767. The number of methoxy groups -OCH3 is 3. The summed E-state index contributed by atoms with van der Waals surface area (Å²) in [6, 6.07) is 0. The highest BCUT2D eigenvalue weighted by Gasteiger charge is 2.40. The van der Waals surface area contributed by atoms with Gasteiger partial charge >= 0.3 is 0 Å². The van der Waals surface area contributed by atoms with Gasteiger partial charge in [-0.2, -0.15) is 0 Å². The second-order valence-electron chi connectivity index (χ2n) is 6.65. The summed E-state index contributed by atoms with van der Waals surface area (Å²) in [6.45, 7) is 0.699. The first-order valence-corrected chi connectivity index (χ1v) is 8.66. The van der Waals surface area contributed by atoms with Crippen LogP contribution >= 0.6 is 12.4 Å². The van der Waals surface area contributed by atoms with E-state index in [0.29, 0.717) is 30.9 Å². The molecular formula is C20H24ClNO5. The second kappa shape index (κ2) is 7.37. The number of hydrogen-bond donors (Lipinski definition) is 2. The third kappa shape index (κ3) is 2.84. The van der Waals surface area contributed by atoms with Crippen LogP contribution in [0.4, 0.5) is 0 Å². The van der Waals surface area contributed by atoms with Gasteiger partial charge in [-0.3, -0.25) is 0 Å². The van der Waals surface area contributed by atoms with Gasteiger partial charge in [-0.25, -0.2) is 0 Å². The number of halogens is 1. The zero-order valence-electron chi connectivity index (χ0n) is 15.6. The summed E-state index contributed by atoms with van der Waals surface area (Å²) in [7, 11) is 4.88. The fraction of sp³-hybridized carbons (Fsp3) is 0.400. The first kappa shape index (κ1) is 19.5. The molecule has 7 heteroatoms. The van der Waals surface area contributed by atoms with Crippen LogP contribution in [-0.2, 0) is 14.2 Å². The molecule has 0 aromatic carbocycles. The van der Waals surface area contributed by atoms with Crippen molar-refractivity contribution in [2.75, 3.05) is 27.9 Å². The van der Waals surface area contributed by atoms with Crippen molar-refractivity contribution in [3.8, 4) is 0 Å². The molecule has 27 heavy (non-hydrogen) atoms. The van der Waals surface area contributed by atoms with E-state index in [-0.39, 0.29) is 24.1 Å². The van der Waals surface area contributed by atoms with Gasteiger partial charge in [-0.05, 0) is 24.1 Å². The molecule has 0 spiro atoms. The molecular weight excluding hydrogens is 370 g/mol. The van der Waals surface area contributed by atoms with Crippen molar-refractivity contribution >= 4 is 12.4 Å². The number of aliphatic hydroxyl groups is 2. The summed E-state index contributed by atoms with van der Waals surface area (Å²) in [6.07, 6.45) is 8.17. The van der Waals surface area contributed by atoms with Gasteiger partial charge in [0.15, 0.2) is 11.5 Å². The zero-order chi connectivity index (χ0) is 18.4. The first-order chi connectivity index (χ1) is 12.6. The van der Waals surface area contributed by atoms with Crippen molar-refractivity contribution in [2.45, 2.75) is 18.9 Å². The molecule has 2 atom stereocenters. The summed E-state index contributed by atoms with van der Waals surface area (Å²) in [5.41, 5.74) is 4.21. The highest BCUT2D eigenvalue weighted by molar-refractivity contribution is 5.85. The van der Waals surface area contributed by atoms with Crippen molar-refractivity contribution < 1.29 is 24.4 Å². The van der Waals surface area contributed by atoms with Crippen LogP contribution in [0.3, 0.4) is 0 Å². The molecule has 4 aliphatic rings. The Balaban J connectivity index is 0.00000210. The van der Waals surface area contributed by atoms with Crippen molar-refractivity contribution in [3.05, 3.63) is 69.9 Å². The predicted octanol–water partition coefficient (Wildman–Crippen LogP) is 3.06.